The largest absolute Gasteiger partial charge is 0.480 e. The normalized spacial score (nSPS) is 17.8. The van der Waals surface area contributed by atoms with Gasteiger partial charge in [0, 0.05) is 18.1 Å². The quantitative estimate of drug-likeness (QED) is 0.720. The van der Waals surface area contributed by atoms with Crippen molar-refractivity contribution in [1.82, 2.24) is 10.2 Å². The van der Waals surface area contributed by atoms with Crippen LogP contribution in [-0.4, -0.2) is 58.0 Å². The number of nitrogens with one attached hydrogen (secondary N) is 1. The Labute approximate surface area is 169 Å². The number of carboxylic acids is 1. The van der Waals surface area contributed by atoms with Crippen molar-refractivity contribution in [2.24, 2.45) is 0 Å². The van der Waals surface area contributed by atoms with Gasteiger partial charge in [-0.25, -0.2) is 9.59 Å². The Morgan fingerprint density at radius 3 is 2.57 bits per heavy atom. The number of aliphatic carboxylic acids is 1. The second-order valence-corrected chi connectivity index (χ2v) is 8.76. The highest BCUT2D eigenvalue weighted by atomic mass is 32.2. The molecule has 2 N–H and O–H groups in total. The van der Waals surface area contributed by atoms with Gasteiger partial charge in [0.1, 0.15) is 17.7 Å². The van der Waals surface area contributed by atoms with E-state index in [2.05, 4.69) is 5.32 Å². The number of rotatable bonds is 7. The molecule has 0 aromatic heterocycles. The third kappa shape index (κ3) is 6.74. The molecule has 2 amide bonds. The Bertz CT molecular complexity index is 690. The topological polar surface area (TPSA) is 95.9 Å². The molecule has 0 unspecified atom stereocenters. The highest BCUT2D eigenvalue weighted by Crippen LogP contribution is 2.21. The van der Waals surface area contributed by atoms with E-state index >= 15 is 0 Å². The third-order valence-electron chi connectivity index (χ3n) is 4.21. The first-order chi connectivity index (χ1) is 13.2. The van der Waals surface area contributed by atoms with Gasteiger partial charge in [-0.15, -0.1) is 0 Å². The van der Waals surface area contributed by atoms with Gasteiger partial charge in [-0.2, -0.15) is 11.8 Å². The molecule has 1 aromatic rings. The number of benzene rings is 1. The number of nitrogens with zero attached hydrogens (tertiary/aromatic N) is 1. The number of carboxylic acid groups (broad SMARTS) is 1. The Hall–Kier alpha value is -2.22. The molecule has 0 radical (unpaired) electrons. The van der Waals surface area contributed by atoms with Crippen LogP contribution in [0.4, 0.5) is 4.79 Å². The molecule has 0 aliphatic carbocycles. The average molecular weight is 409 g/mol. The van der Waals surface area contributed by atoms with Crippen LogP contribution in [-0.2, 0) is 20.1 Å². The van der Waals surface area contributed by atoms with Crippen LogP contribution >= 0.6 is 11.8 Å². The first-order valence-corrected chi connectivity index (χ1v) is 10.5. The number of carbonyl (C=O) groups excluding carboxylic acids is 2. The number of hydrogen-bond donors (Lipinski definition) is 2. The standard InChI is InChI=1S/C20H28N2O5S/c1-20(2,3)27-19(26)21-15(13-28-12-14-8-5-4-6-9-14)17(23)22-11-7-10-16(22)18(24)25/h4-6,8-9,15-16H,7,10-13H2,1-3H3,(H,21,26)(H,24,25)/t15-,16-/m0/s1. The zero-order valence-electron chi connectivity index (χ0n) is 16.5. The molecule has 2 rings (SSSR count). The number of hydrogen-bond acceptors (Lipinski definition) is 5. The van der Waals surface area contributed by atoms with Crippen LogP contribution in [0.5, 0.6) is 0 Å². The molecule has 0 bridgehead atoms. The molecule has 2 atom stereocenters. The van der Waals surface area contributed by atoms with Gasteiger partial charge in [0.2, 0.25) is 5.91 Å². The lowest BCUT2D eigenvalue weighted by Crippen LogP contribution is -2.53. The van der Waals surface area contributed by atoms with E-state index in [1.807, 2.05) is 30.3 Å². The maximum atomic E-state index is 13.0. The Balaban J connectivity index is 2.05. The molecule has 1 saturated heterocycles. The van der Waals surface area contributed by atoms with E-state index in [4.69, 9.17) is 4.74 Å². The maximum Gasteiger partial charge on any atom is 0.408 e. The van der Waals surface area contributed by atoms with E-state index in [0.717, 1.165) is 5.56 Å². The molecule has 8 heteroatoms. The molecule has 1 aliphatic rings. The molecule has 1 fully saturated rings. The van der Waals surface area contributed by atoms with Crippen LogP contribution in [0.1, 0.15) is 39.2 Å². The van der Waals surface area contributed by atoms with Crippen molar-refractivity contribution in [1.29, 1.82) is 0 Å². The summed E-state index contributed by atoms with van der Waals surface area (Å²) in [4.78, 5) is 38.0. The molecule has 28 heavy (non-hydrogen) atoms. The van der Waals surface area contributed by atoms with Gasteiger partial charge >= 0.3 is 12.1 Å². The van der Waals surface area contributed by atoms with Gasteiger partial charge < -0.3 is 20.1 Å². The lowest BCUT2D eigenvalue weighted by molar-refractivity contribution is -0.148. The summed E-state index contributed by atoms with van der Waals surface area (Å²) in [6, 6.07) is 8.12. The summed E-state index contributed by atoms with van der Waals surface area (Å²) in [5, 5.41) is 12.0. The van der Waals surface area contributed by atoms with Crippen molar-refractivity contribution in [2.75, 3.05) is 12.3 Å². The fraction of sp³-hybridized carbons (Fsp3) is 0.550. The second kappa shape index (κ2) is 9.82. The van der Waals surface area contributed by atoms with Crippen molar-refractivity contribution in [3.63, 3.8) is 0 Å². The monoisotopic (exact) mass is 408 g/mol. The van der Waals surface area contributed by atoms with Gasteiger partial charge in [0.05, 0.1) is 0 Å². The van der Waals surface area contributed by atoms with E-state index in [1.54, 1.807) is 20.8 Å². The number of carbonyl (C=O) groups is 3. The number of thioether (sulfide) groups is 1. The predicted molar refractivity (Wildman–Crippen MR) is 108 cm³/mol. The van der Waals surface area contributed by atoms with Gasteiger partial charge in [-0.3, -0.25) is 4.79 Å². The van der Waals surface area contributed by atoms with Crippen LogP contribution in [0.3, 0.4) is 0 Å². The Kier molecular flexibility index (Phi) is 7.74. The number of likely N-dealkylation sites (tertiary alicyclic amines) is 1. The smallest absolute Gasteiger partial charge is 0.408 e. The minimum Gasteiger partial charge on any atom is -0.480 e. The minimum atomic E-state index is -1.01. The second-order valence-electron chi connectivity index (χ2n) is 7.73. The molecule has 1 aromatic carbocycles. The van der Waals surface area contributed by atoms with Crippen molar-refractivity contribution in [3.8, 4) is 0 Å². The number of amides is 2. The summed E-state index contributed by atoms with van der Waals surface area (Å²) in [5.74, 6) is -0.381. The molecule has 1 aliphatic heterocycles. The van der Waals surface area contributed by atoms with Gasteiger partial charge in [0.25, 0.3) is 0 Å². The molecule has 154 valence electrons. The van der Waals surface area contributed by atoms with Crippen molar-refractivity contribution in [2.45, 2.75) is 57.1 Å². The van der Waals surface area contributed by atoms with Gasteiger partial charge in [0.15, 0.2) is 0 Å². The zero-order chi connectivity index (χ0) is 20.7. The Morgan fingerprint density at radius 1 is 1.29 bits per heavy atom. The lowest BCUT2D eigenvalue weighted by atomic mass is 10.2. The van der Waals surface area contributed by atoms with E-state index in [-0.39, 0.29) is 5.91 Å². The summed E-state index contributed by atoms with van der Waals surface area (Å²) in [7, 11) is 0. The third-order valence-corrected chi connectivity index (χ3v) is 5.31. The fourth-order valence-corrected chi connectivity index (χ4v) is 3.99. The Morgan fingerprint density at radius 2 is 1.96 bits per heavy atom. The van der Waals surface area contributed by atoms with Crippen LogP contribution in [0.2, 0.25) is 0 Å². The number of ether oxygens (including phenoxy) is 1. The fourth-order valence-electron chi connectivity index (χ4n) is 2.98. The van der Waals surface area contributed by atoms with E-state index in [0.29, 0.717) is 30.9 Å². The first kappa shape index (κ1) is 22.1. The van der Waals surface area contributed by atoms with Crippen LogP contribution in [0, 0.1) is 0 Å². The van der Waals surface area contributed by atoms with Crippen molar-refractivity contribution in [3.05, 3.63) is 35.9 Å². The minimum absolute atomic E-state index is 0.329. The molecule has 0 saturated carbocycles. The highest BCUT2D eigenvalue weighted by Gasteiger charge is 2.38. The molecular weight excluding hydrogens is 380 g/mol. The average Bonchev–Trinajstić information content (AvgIpc) is 3.09. The van der Waals surface area contributed by atoms with Crippen molar-refractivity contribution >= 4 is 29.7 Å². The van der Waals surface area contributed by atoms with E-state index < -0.39 is 29.7 Å². The summed E-state index contributed by atoms with van der Waals surface area (Å²) in [5.41, 5.74) is 0.423. The lowest BCUT2D eigenvalue weighted by Gasteiger charge is -2.28. The predicted octanol–water partition coefficient (Wildman–Crippen LogP) is 2.89. The summed E-state index contributed by atoms with van der Waals surface area (Å²) >= 11 is 1.51. The van der Waals surface area contributed by atoms with E-state index in [9.17, 15) is 19.5 Å². The summed E-state index contributed by atoms with van der Waals surface area (Å²) < 4.78 is 5.27. The van der Waals surface area contributed by atoms with Crippen LogP contribution in [0.25, 0.3) is 0 Å². The van der Waals surface area contributed by atoms with Gasteiger partial charge in [-0.05, 0) is 39.2 Å². The van der Waals surface area contributed by atoms with Gasteiger partial charge in [-0.1, -0.05) is 30.3 Å². The molecule has 1 heterocycles. The zero-order valence-corrected chi connectivity index (χ0v) is 17.3. The molecule has 7 nitrogen and oxygen atoms in total. The SMILES string of the molecule is CC(C)(C)OC(=O)N[C@@H](CSCc1ccccc1)C(=O)N1CCC[C@H]1C(=O)O. The maximum absolute atomic E-state index is 13.0. The number of alkyl carbamates (subject to hydrolysis) is 1. The summed E-state index contributed by atoms with van der Waals surface area (Å²) in [6.45, 7) is 5.61. The molecular formula is C20H28N2O5S. The first-order valence-electron chi connectivity index (χ1n) is 9.32. The summed E-state index contributed by atoms with van der Waals surface area (Å²) in [6.07, 6.45) is 0.383. The molecule has 0 spiro atoms. The van der Waals surface area contributed by atoms with Crippen LogP contribution in [0.15, 0.2) is 30.3 Å². The van der Waals surface area contributed by atoms with E-state index in [1.165, 1.54) is 16.7 Å². The van der Waals surface area contributed by atoms with Crippen LogP contribution < -0.4 is 5.32 Å². The highest BCUT2D eigenvalue weighted by molar-refractivity contribution is 7.98. The van der Waals surface area contributed by atoms with Crippen molar-refractivity contribution < 1.29 is 24.2 Å².